The number of hydrogen-bond donors (Lipinski definition) is 1. The van der Waals surface area contributed by atoms with Gasteiger partial charge in [0.15, 0.2) is 0 Å². The van der Waals surface area contributed by atoms with Gasteiger partial charge in [-0.25, -0.2) is 13.8 Å². The van der Waals surface area contributed by atoms with E-state index in [0.29, 0.717) is 17.1 Å². The average molecular weight is 323 g/mol. The number of esters is 1. The van der Waals surface area contributed by atoms with Gasteiger partial charge in [0.2, 0.25) is 5.92 Å². The molecule has 0 radical (unpaired) electrons. The quantitative estimate of drug-likeness (QED) is 0.814. The zero-order valence-electron chi connectivity index (χ0n) is 13.1. The van der Waals surface area contributed by atoms with Gasteiger partial charge in [0.1, 0.15) is 5.82 Å². The number of alkyl halides is 2. The third-order valence-corrected chi connectivity index (χ3v) is 3.80. The molecule has 0 bridgehead atoms. The van der Waals surface area contributed by atoms with Gasteiger partial charge >= 0.3 is 5.97 Å². The number of halogens is 2. The van der Waals surface area contributed by atoms with Gasteiger partial charge in [0, 0.05) is 24.6 Å². The average Bonchev–Trinajstić information content (AvgIpc) is 2.43. The van der Waals surface area contributed by atoms with Crippen LogP contribution in [-0.2, 0) is 9.53 Å². The molecular formula is C16H19F2N3O2. The molecule has 1 aliphatic rings. The normalized spacial score (nSPS) is 17.7. The van der Waals surface area contributed by atoms with Crippen molar-refractivity contribution >= 4 is 11.8 Å². The first-order valence-corrected chi connectivity index (χ1v) is 7.51. The maximum atomic E-state index is 13.2. The first-order valence-electron chi connectivity index (χ1n) is 7.51. The summed E-state index contributed by atoms with van der Waals surface area (Å²) in [5, 5.41) is 12.0. The van der Waals surface area contributed by atoms with E-state index in [2.05, 4.69) is 10.3 Å². The Hall–Kier alpha value is -2.23. The fraction of sp³-hybridized carbons (Fsp3) is 0.562. The van der Waals surface area contributed by atoms with Crippen molar-refractivity contribution in [2.45, 2.75) is 45.1 Å². The van der Waals surface area contributed by atoms with E-state index < -0.39 is 17.9 Å². The molecule has 1 saturated carbocycles. The zero-order chi connectivity index (χ0) is 17.0. The lowest BCUT2D eigenvalue weighted by molar-refractivity contribution is -0.147. The molecule has 2 rings (SSSR count). The molecule has 5 nitrogen and oxygen atoms in total. The summed E-state index contributed by atoms with van der Waals surface area (Å²) in [7, 11) is 0. The van der Waals surface area contributed by atoms with Crippen LogP contribution in [0.2, 0.25) is 0 Å². The minimum atomic E-state index is -2.67. The summed E-state index contributed by atoms with van der Waals surface area (Å²) in [6.07, 6.45) is -0.534. The molecule has 0 aromatic carbocycles. The molecule has 23 heavy (non-hydrogen) atoms. The van der Waals surface area contributed by atoms with E-state index in [-0.39, 0.29) is 31.8 Å². The lowest BCUT2D eigenvalue weighted by Gasteiger charge is -2.40. The third kappa shape index (κ3) is 4.62. The number of anilines is 1. The molecule has 0 aliphatic heterocycles. The lowest BCUT2D eigenvalue weighted by Crippen LogP contribution is -2.46. The predicted octanol–water partition coefficient (Wildman–Crippen LogP) is 3.04. The van der Waals surface area contributed by atoms with Gasteiger partial charge in [-0.2, -0.15) is 5.26 Å². The number of nitrogens with zero attached hydrogens (tertiary/aromatic N) is 2. The maximum absolute atomic E-state index is 13.2. The molecule has 0 amide bonds. The largest absolute Gasteiger partial charge is 0.466 e. The smallest absolute Gasteiger partial charge is 0.307 e. The molecule has 1 unspecified atom stereocenters. The number of pyridine rings is 1. The summed E-state index contributed by atoms with van der Waals surface area (Å²) >= 11 is 0. The van der Waals surface area contributed by atoms with Crippen molar-refractivity contribution in [1.82, 2.24) is 4.98 Å². The highest BCUT2D eigenvalue weighted by molar-refractivity contribution is 5.70. The monoisotopic (exact) mass is 323 g/mol. The van der Waals surface area contributed by atoms with Crippen LogP contribution in [0.4, 0.5) is 14.6 Å². The summed E-state index contributed by atoms with van der Waals surface area (Å²) < 4.78 is 31.2. The number of hydrogen-bond acceptors (Lipinski definition) is 5. The van der Waals surface area contributed by atoms with Gasteiger partial charge in [-0.3, -0.25) is 4.79 Å². The molecule has 1 fully saturated rings. The number of aromatic nitrogens is 1. The summed E-state index contributed by atoms with van der Waals surface area (Å²) in [6, 6.07) is 4.70. The summed E-state index contributed by atoms with van der Waals surface area (Å²) in [6.45, 7) is 3.68. The maximum Gasteiger partial charge on any atom is 0.307 e. The first-order chi connectivity index (χ1) is 10.8. The molecular weight excluding hydrogens is 304 g/mol. The van der Waals surface area contributed by atoms with E-state index in [0.717, 1.165) is 0 Å². The Morgan fingerprint density at radius 2 is 2.26 bits per heavy atom. The van der Waals surface area contributed by atoms with Gasteiger partial charge in [-0.05, 0) is 31.9 Å². The van der Waals surface area contributed by atoms with Crippen molar-refractivity contribution in [3.05, 3.63) is 23.4 Å². The fourth-order valence-corrected chi connectivity index (χ4v) is 2.72. The predicted molar refractivity (Wildman–Crippen MR) is 80.0 cm³/mol. The van der Waals surface area contributed by atoms with E-state index in [9.17, 15) is 13.6 Å². The van der Waals surface area contributed by atoms with Crippen LogP contribution in [-0.4, -0.2) is 29.5 Å². The number of ether oxygens (including phenoxy) is 1. The summed E-state index contributed by atoms with van der Waals surface area (Å²) in [5.41, 5.74) is 1.06. The molecule has 1 aromatic rings. The van der Waals surface area contributed by atoms with Crippen molar-refractivity contribution in [2.24, 2.45) is 5.92 Å². The Bertz CT molecular complexity index is 620. The molecule has 124 valence electrons. The number of carbonyl (C=O) groups excluding carboxylic acids is 1. The second-order valence-electron chi connectivity index (χ2n) is 5.78. The minimum Gasteiger partial charge on any atom is -0.466 e. The van der Waals surface area contributed by atoms with Crippen molar-refractivity contribution < 1.29 is 18.3 Å². The van der Waals surface area contributed by atoms with Crippen molar-refractivity contribution in [2.75, 3.05) is 11.9 Å². The van der Waals surface area contributed by atoms with Crippen LogP contribution in [0.25, 0.3) is 0 Å². The van der Waals surface area contributed by atoms with Crippen molar-refractivity contribution in [3.63, 3.8) is 0 Å². The standard InChI is InChI=1S/C16H19F2N3O2/c1-3-23-15(22)6-13(12-7-16(17,18)8-12)21-14-5-11(9-19)4-10(2)20-14/h4-5,12-13H,3,6-8H2,1-2H3,(H,20,21). The second-order valence-corrected chi connectivity index (χ2v) is 5.78. The van der Waals surface area contributed by atoms with Gasteiger partial charge in [-0.1, -0.05) is 0 Å². The van der Waals surface area contributed by atoms with E-state index in [1.807, 2.05) is 6.07 Å². The Morgan fingerprint density at radius 3 is 2.83 bits per heavy atom. The number of carbonyl (C=O) groups is 1. The van der Waals surface area contributed by atoms with E-state index in [1.165, 1.54) is 0 Å². The highest BCUT2D eigenvalue weighted by Crippen LogP contribution is 2.45. The SMILES string of the molecule is CCOC(=O)CC(Nc1cc(C#N)cc(C)n1)C1CC(F)(F)C1. The van der Waals surface area contributed by atoms with Crippen LogP contribution in [0, 0.1) is 24.2 Å². The van der Waals surface area contributed by atoms with Gasteiger partial charge in [0.05, 0.1) is 24.7 Å². The molecule has 1 aromatic heterocycles. The minimum absolute atomic E-state index is 0.00784. The van der Waals surface area contributed by atoms with Gasteiger partial charge in [0.25, 0.3) is 0 Å². The van der Waals surface area contributed by atoms with E-state index in [1.54, 1.807) is 26.0 Å². The second kappa shape index (κ2) is 6.90. The van der Waals surface area contributed by atoms with Gasteiger partial charge < -0.3 is 10.1 Å². The zero-order valence-corrected chi connectivity index (χ0v) is 13.1. The Labute approximate surface area is 133 Å². The molecule has 1 heterocycles. The Balaban J connectivity index is 2.12. The van der Waals surface area contributed by atoms with E-state index in [4.69, 9.17) is 10.00 Å². The van der Waals surface area contributed by atoms with Crippen LogP contribution in [0.15, 0.2) is 12.1 Å². The molecule has 0 saturated heterocycles. The number of nitriles is 1. The van der Waals surface area contributed by atoms with Crippen LogP contribution >= 0.6 is 0 Å². The molecule has 0 spiro atoms. The highest BCUT2D eigenvalue weighted by atomic mass is 19.3. The molecule has 1 N–H and O–H groups in total. The summed E-state index contributed by atoms with van der Waals surface area (Å²) in [4.78, 5) is 16.0. The fourth-order valence-electron chi connectivity index (χ4n) is 2.72. The van der Waals surface area contributed by atoms with Crippen LogP contribution < -0.4 is 5.32 Å². The number of aryl methyl sites for hydroxylation is 1. The molecule has 1 atom stereocenters. The van der Waals surface area contributed by atoms with E-state index >= 15 is 0 Å². The third-order valence-electron chi connectivity index (χ3n) is 3.80. The van der Waals surface area contributed by atoms with Crippen LogP contribution in [0.5, 0.6) is 0 Å². The van der Waals surface area contributed by atoms with Crippen molar-refractivity contribution in [1.29, 1.82) is 5.26 Å². The Kier molecular flexibility index (Phi) is 5.14. The molecule has 1 aliphatic carbocycles. The van der Waals surface area contributed by atoms with Crippen LogP contribution in [0.1, 0.15) is 37.4 Å². The van der Waals surface area contributed by atoms with Crippen LogP contribution in [0.3, 0.4) is 0 Å². The number of nitrogens with one attached hydrogen (secondary N) is 1. The number of rotatable bonds is 6. The first kappa shape index (κ1) is 17.1. The Morgan fingerprint density at radius 1 is 1.57 bits per heavy atom. The summed E-state index contributed by atoms with van der Waals surface area (Å²) in [5.74, 6) is -3.03. The van der Waals surface area contributed by atoms with Crippen molar-refractivity contribution in [3.8, 4) is 6.07 Å². The van der Waals surface area contributed by atoms with Gasteiger partial charge in [-0.15, -0.1) is 0 Å². The molecule has 7 heteroatoms. The topological polar surface area (TPSA) is 75.0 Å². The lowest BCUT2D eigenvalue weighted by atomic mass is 9.75. The highest BCUT2D eigenvalue weighted by Gasteiger charge is 2.49.